The van der Waals surface area contributed by atoms with E-state index in [4.69, 9.17) is 13.9 Å². The Morgan fingerprint density at radius 2 is 1.60 bits per heavy atom. The third kappa shape index (κ3) is 8.96. The van der Waals surface area contributed by atoms with Crippen molar-refractivity contribution in [3.8, 4) is 11.1 Å². The minimum atomic E-state index is -0.528. The topological polar surface area (TPSA) is 129 Å². The molecule has 1 saturated carbocycles. The number of aryl methyl sites for hydroxylation is 1. The van der Waals surface area contributed by atoms with Gasteiger partial charge in [0.05, 0.1) is 11.2 Å². The number of rotatable bonds is 12. The summed E-state index contributed by atoms with van der Waals surface area (Å²) < 4.78 is 18.1. The molecule has 0 saturated heterocycles. The minimum absolute atomic E-state index is 0.0362. The van der Waals surface area contributed by atoms with Gasteiger partial charge in [-0.3, -0.25) is 14.7 Å². The number of anilines is 1. The van der Waals surface area contributed by atoms with E-state index in [-0.39, 0.29) is 18.8 Å². The van der Waals surface area contributed by atoms with Gasteiger partial charge in [0.1, 0.15) is 19.0 Å². The van der Waals surface area contributed by atoms with Crippen molar-refractivity contribution in [2.45, 2.75) is 63.8 Å². The van der Waals surface area contributed by atoms with E-state index in [0.717, 1.165) is 28.5 Å². The second-order valence-electron chi connectivity index (χ2n) is 12.3. The van der Waals surface area contributed by atoms with Crippen LogP contribution in [0.15, 0.2) is 112 Å². The molecule has 10 nitrogen and oxygen atoms in total. The number of allylic oxidation sites excluding steroid dienone is 1. The molecule has 1 fully saturated rings. The summed E-state index contributed by atoms with van der Waals surface area (Å²) in [5, 5.41) is 5.89. The van der Waals surface area contributed by atoms with E-state index in [1.807, 2.05) is 91.0 Å². The Labute approximate surface area is 289 Å². The van der Waals surface area contributed by atoms with Crippen LogP contribution in [0.2, 0.25) is 0 Å². The molecule has 6 rings (SSSR count). The second kappa shape index (κ2) is 16.5. The molecule has 1 aliphatic rings. The van der Waals surface area contributed by atoms with E-state index >= 15 is 0 Å². The van der Waals surface area contributed by atoms with Crippen LogP contribution in [-0.2, 0) is 22.6 Å². The second-order valence-corrected chi connectivity index (χ2v) is 12.3. The van der Waals surface area contributed by atoms with Crippen LogP contribution in [0.4, 0.5) is 15.3 Å². The average Bonchev–Trinajstić information content (AvgIpc) is 3.45. The number of aromatic nitrogens is 1. The first-order valence-corrected chi connectivity index (χ1v) is 16.8. The maximum atomic E-state index is 13.1. The number of carbonyl (C=O) groups is 3. The summed E-state index contributed by atoms with van der Waals surface area (Å²) >= 11 is 0. The van der Waals surface area contributed by atoms with Gasteiger partial charge in [-0.1, -0.05) is 84.9 Å². The smallest absolute Gasteiger partial charge is 0.419 e. The number of benzene rings is 4. The van der Waals surface area contributed by atoms with Crippen LogP contribution in [0.1, 0.15) is 60.0 Å². The lowest BCUT2D eigenvalue weighted by molar-refractivity contribution is 0.0761. The largest absolute Gasteiger partial charge is 0.446 e. The Morgan fingerprint density at radius 3 is 2.36 bits per heavy atom. The van der Waals surface area contributed by atoms with Gasteiger partial charge < -0.3 is 19.2 Å². The fourth-order valence-corrected chi connectivity index (χ4v) is 6.14. The highest BCUT2D eigenvalue weighted by atomic mass is 16.6. The van der Waals surface area contributed by atoms with Gasteiger partial charge in [-0.05, 0) is 79.5 Å². The number of amides is 2. The highest BCUT2D eigenvalue weighted by Gasteiger charge is 2.26. The Hall–Kier alpha value is -5.90. The molecule has 5 aromatic rings. The predicted octanol–water partition coefficient (Wildman–Crippen LogP) is 8.35. The summed E-state index contributed by atoms with van der Waals surface area (Å²) in [6, 6.07) is 30.2. The summed E-state index contributed by atoms with van der Waals surface area (Å²) in [6.07, 6.45) is 7.53. The molecule has 0 unspecified atom stereocenters. The Kier molecular flexibility index (Phi) is 11.2. The van der Waals surface area contributed by atoms with E-state index in [1.165, 1.54) is 0 Å². The van der Waals surface area contributed by atoms with E-state index in [0.29, 0.717) is 67.4 Å². The molecule has 1 heterocycles. The van der Waals surface area contributed by atoms with Crippen molar-refractivity contribution in [1.82, 2.24) is 9.88 Å². The molecule has 2 N–H and O–H groups in total. The number of ether oxygens (including phenoxy) is 2. The van der Waals surface area contributed by atoms with E-state index < -0.39 is 17.9 Å². The van der Waals surface area contributed by atoms with Gasteiger partial charge in [0.25, 0.3) is 0 Å². The zero-order chi connectivity index (χ0) is 34.7. The lowest BCUT2D eigenvalue weighted by Gasteiger charge is -2.28. The average molecular weight is 674 g/mol. The Balaban J connectivity index is 1.02. The molecule has 0 aliphatic heterocycles. The zero-order valence-electron chi connectivity index (χ0n) is 27.6. The highest BCUT2D eigenvalue weighted by molar-refractivity contribution is 5.92. The van der Waals surface area contributed by atoms with Crippen LogP contribution >= 0.6 is 0 Å². The van der Waals surface area contributed by atoms with Crippen molar-refractivity contribution in [3.05, 3.63) is 130 Å². The van der Waals surface area contributed by atoms with Crippen molar-refractivity contribution in [1.29, 1.82) is 0 Å². The lowest BCUT2D eigenvalue weighted by Crippen LogP contribution is -2.40. The Bertz CT molecular complexity index is 2010. The number of unbranched alkanes of at least 4 members (excludes halogenated alkanes) is 1. The van der Waals surface area contributed by atoms with Gasteiger partial charge in [-0.15, -0.1) is 0 Å². The van der Waals surface area contributed by atoms with Crippen molar-refractivity contribution >= 4 is 41.3 Å². The van der Waals surface area contributed by atoms with Crippen LogP contribution < -0.4 is 16.4 Å². The molecule has 1 aromatic heterocycles. The van der Waals surface area contributed by atoms with Gasteiger partial charge in [-0.2, -0.15) is 0 Å². The van der Waals surface area contributed by atoms with E-state index in [2.05, 4.69) is 10.6 Å². The molecule has 0 radical (unpaired) electrons. The van der Waals surface area contributed by atoms with Crippen LogP contribution in [0, 0.1) is 0 Å². The summed E-state index contributed by atoms with van der Waals surface area (Å²) in [5.74, 6) is -0.449. The van der Waals surface area contributed by atoms with Crippen LogP contribution in [0.3, 0.4) is 0 Å². The molecule has 0 atom stereocenters. The number of nitrogens with zero attached hydrogens (tertiary/aromatic N) is 1. The maximum absolute atomic E-state index is 13.1. The lowest BCUT2D eigenvalue weighted by atomic mass is 9.93. The molecule has 4 aromatic carbocycles. The highest BCUT2D eigenvalue weighted by Crippen LogP contribution is 2.30. The van der Waals surface area contributed by atoms with Crippen LogP contribution in [0.25, 0.3) is 28.3 Å². The first-order chi connectivity index (χ1) is 24.4. The van der Waals surface area contributed by atoms with Crippen molar-refractivity contribution < 1.29 is 28.3 Å². The fourth-order valence-electron chi connectivity index (χ4n) is 6.14. The molecular weight excluding hydrogens is 634 g/mol. The molecule has 2 amide bonds. The number of carbonyl (C=O) groups excluding carboxylic acids is 3. The quantitative estimate of drug-likeness (QED) is 0.101. The molecule has 50 heavy (non-hydrogen) atoms. The fraction of sp³-hybridized carbons (Fsp3) is 0.250. The van der Waals surface area contributed by atoms with Gasteiger partial charge in [0.15, 0.2) is 5.58 Å². The number of hydrogen-bond acceptors (Lipinski definition) is 7. The number of fused-ring (bicyclic) bond motifs is 1. The SMILES string of the molecule is O=Cc1ccc2c(c1)oc(=O)n2CCC/C=C/c1ccc(-c2ccccc2)c(NC(=O)OC2CCC(NC(=O)OCc3ccccc3)CC2)c1. The van der Waals surface area contributed by atoms with Gasteiger partial charge in [0, 0.05) is 23.7 Å². The van der Waals surface area contributed by atoms with Gasteiger partial charge in [-0.25, -0.2) is 14.4 Å². The molecule has 0 spiro atoms. The monoisotopic (exact) mass is 673 g/mol. The summed E-state index contributed by atoms with van der Waals surface area (Å²) in [7, 11) is 0. The third-order valence-electron chi connectivity index (χ3n) is 8.74. The van der Waals surface area contributed by atoms with Gasteiger partial charge >= 0.3 is 17.9 Å². The van der Waals surface area contributed by atoms with Crippen molar-refractivity contribution in [3.63, 3.8) is 0 Å². The third-order valence-corrected chi connectivity index (χ3v) is 8.74. The minimum Gasteiger partial charge on any atom is -0.446 e. The number of nitrogens with one attached hydrogen (secondary N) is 2. The summed E-state index contributed by atoms with van der Waals surface area (Å²) in [4.78, 5) is 48.8. The number of aldehydes is 1. The van der Waals surface area contributed by atoms with E-state index in [1.54, 1.807) is 22.8 Å². The first-order valence-electron chi connectivity index (χ1n) is 16.8. The Morgan fingerprint density at radius 1 is 0.860 bits per heavy atom. The number of oxazole rings is 1. The van der Waals surface area contributed by atoms with Gasteiger partial charge in [0.2, 0.25) is 0 Å². The van der Waals surface area contributed by atoms with Crippen LogP contribution in [-0.4, -0.2) is 35.2 Å². The summed E-state index contributed by atoms with van der Waals surface area (Å²) in [5.41, 5.74) is 5.80. The number of hydrogen-bond donors (Lipinski definition) is 2. The standard InChI is InChI=1S/C40H39N3O7/c44-26-30-16-22-36-37(25-30)50-40(47)43(36)23-9-3-6-10-28-15-21-34(31-13-7-2-8-14-31)35(24-28)42-39(46)49-33-19-17-32(18-20-33)41-38(45)48-27-29-11-4-1-5-12-29/h1-2,4-8,10-16,21-22,24-26,32-33H,3,9,17-20,23,27H2,(H,41,45)(H,42,46)/b10-6+. The van der Waals surface area contributed by atoms with E-state index in [9.17, 15) is 19.2 Å². The predicted molar refractivity (Wildman–Crippen MR) is 192 cm³/mol. The zero-order valence-corrected chi connectivity index (χ0v) is 27.6. The molecular formula is C40H39N3O7. The molecule has 1 aliphatic carbocycles. The van der Waals surface area contributed by atoms with Crippen LogP contribution in [0.5, 0.6) is 0 Å². The normalized spacial score (nSPS) is 15.8. The first kappa shape index (κ1) is 34.0. The molecule has 10 heteroatoms. The molecule has 256 valence electrons. The maximum Gasteiger partial charge on any atom is 0.419 e. The van der Waals surface area contributed by atoms with Crippen molar-refractivity contribution in [2.24, 2.45) is 0 Å². The number of alkyl carbamates (subject to hydrolysis) is 1. The summed E-state index contributed by atoms with van der Waals surface area (Å²) in [6.45, 7) is 0.684. The molecule has 0 bridgehead atoms. The van der Waals surface area contributed by atoms with Crippen molar-refractivity contribution in [2.75, 3.05) is 5.32 Å².